The van der Waals surface area contributed by atoms with Crippen molar-refractivity contribution < 1.29 is 0 Å². The van der Waals surface area contributed by atoms with Crippen LogP contribution in [-0.2, 0) is 0 Å². The smallest absolute Gasteiger partial charge is 0.0675 e. The van der Waals surface area contributed by atoms with Gasteiger partial charge in [-0.15, -0.1) is 92.8 Å². The molecule has 0 aliphatic heterocycles. The molecule has 0 aliphatic carbocycles. The predicted molar refractivity (Wildman–Crippen MR) is 88.5 cm³/mol. The van der Waals surface area contributed by atoms with Crippen molar-refractivity contribution in [2.75, 3.05) is 11.8 Å². The Morgan fingerprint density at radius 1 is 0.556 bits per heavy atom. The molecular weight excluding hydrogens is 404 g/mol. The Kier molecular flexibility index (Phi) is 12.4. The van der Waals surface area contributed by atoms with E-state index in [0.717, 1.165) is 0 Å². The van der Waals surface area contributed by atoms with Crippen LogP contribution >= 0.6 is 92.8 Å². The molecule has 0 heterocycles. The van der Waals surface area contributed by atoms with Crippen LogP contribution in [0.1, 0.15) is 12.8 Å². The lowest BCUT2D eigenvalue weighted by Crippen LogP contribution is -2.31. The highest BCUT2D eigenvalue weighted by atomic mass is 35.5. The first-order valence-electron chi connectivity index (χ1n) is 5.29. The van der Waals surface area contributed by atoms with Crippen LogP contribution in [0.3, 0.4) is 0 Å². The lowest BCUT2D eigenvalue weighted by Gasteiger charge is -2.24. The maximum atomic E-state index is 6.17. The minimum Gasteiger partial charge on any atom is -0.125 e. The van der Waals surface area contributed by atoms with Gasteiger partial charge in [0.25, 0.3) is 0 Å². The molecule has 0 bridgehead atoms. The van der Waals surface area contributed by atoms with Crippen molar-refractivity contribution in [1.82, 2.24) is 0 Å². The van der Waals surface area contributed by atoms with Crippen molar-refractivity contribution in [3.63, 3.8) is 0 Å². The minimum absolute atomic E-state index is 0.209. The third-order valence-electron chi connectivity index (χ3n) is 2.33. The summed E-state index contributed by atoms with van der Waals surface area (Å²) in [5.41, 5.74) is 0. The number of hydrogen-bond donors (Lipinski definition) is 0. The zero-order valence-corrected chi connectivity index (χ0v) is 15.4. The Morgan fingerprint density at radius 2 is 1.06 bits per heavy atom. The standard InChI is InChI=1S/C10H14Cl8/c11-3-5(13)1-6(14)7(15)2-8(16)10(18)9(17)4-12/h5-10H,1-4H2. The van der Waals surface area contributed by atoms with Crippen LogP contribution in [-0.4, -0.2) is 44.0 Å². The fourth-order valence-corrected chi connectivity index (χ4v) is 3.47. The third-order valence-corrected chi connectivity index (χ3v) is 6.52. The van der Waals surface area contributed by atoms with Gasteiger partial charge in [-0.3, -0.25) is 0 Å². The summed E-state index contributed by atoms with van der Waals surface area (Å²) in [5, 5.41) is -2.14. The Bertz CT molecular complexity index is 214. The van der Waals surface area contributed by atoms with E-state index in [9.17, 15) is 0 Å². The van der Waals surface area contributed by atoms with Gasteiger partial charge in [-0.05, 0) is 12.8 Å². The second-order valence-corrected chi connectivity index (χ2v) is 7.87. The fourth-order valence-electron chi connectivity index (χ4n) is 1.26. The number of hydrogen-bond acceptors (Lipinski definition) is 0. The normalized spacial score (nSPS) is 22.0. The quantitative estimate of drug-likeness (QED) is 0.410. The average molecular weight is 418 g/mol. The zero-order chi connectivity index (χ0) is 14.3. The molecule has 0 aromatic carbocycles. The molecule has 0 spiro atoms. The van der Waals surface area contributed by atoms with Gasteiger partial charge in [-0.2, -0.15) is 0 Å². The maximum absolute atomic E-state index is 6.17. The summed E-state index contributed by atoms with van der Waals surface area (Å²) in [6, 6.07) is 0. The Balaban J connectivity index is 4.16. The molecule has 0 radical (unpaired) electrons. The van der Waals surface area contributed by atoms with Gasteiger partial charge >= 0.3 is 0 Å². The van der Waals surface area contributed by atoms with Gasteiger partial charge in [0.2, 0.25) is 0 Å². The number of halogens is 8. The second kappa shape index (κ2) is 11.0. The average Bonchev–Trinajstić information content (AvgIpc) is 2.36. The maximum Gasteiger partial charge on any atom is 0.0675 e. The monoisotopic (exact) mass is 414 g/mol. The van der Waals surface area contributed by atoms with Gasteiger partial charge in [-0.1, -0.05) is 0 Å². The second-order valence-electron chi connectivity index (χ2n) is 3.89. The number of rotatable bonds is 9. The summed E-state index contributed by atoms with van der Waals surface area (Å²) in [7, 11) is 0. The lowest BCUT2D eigenvalue weighted by atomic mass is 10.1. The molecule has 8 heteroatoms. The van der Waals surface area contributed by atoms with E-state index in [1.807, 2.05) is 0 Å². The fraction of sp³-hybridized carbons (Fsp3) is 1.00. The molecule has 0 saturated carbocycles. The van der Waals surface area contributed by atoms with Crippen LogP contribution in [0.15, 0.2) is 0 Å². The molecule has 0 nitrogen and oxygen atoms in total. The van der Waals surface area contributed by atoms with Gasteiger partial charge < -0.3 is 0 Å². The van der Waals surface area contributed by atoms with Crippen LogP contribution in [0, 0.1) is 0 Å². The van der Waals surface area contributed by atoms with E-state index in [2.05, 4.69) is 0 Å². The summed E-state index contributed by atoms with van der Waals surface area (Å²) in [6.07, 6.45) is 0.939. The van der Waals surface area contributed by atoms with Crippen LogP contribution < -0.4 is 0 Å². The van der Waals surface area contributed by atoms with E-state index in [0.29, 0.717) is 18.7 Å². The Hall–Kier alpha value is 2.32. The van der Waals surface area contributed by atoms with E-state index in [4.69, 9.17) is 92.8 Å². The van der Waals surface area contributed by atoms with E-state index in [1.54, 1.807) is 0 Å². The first-order chi connectivity index (χ1) is 8.33. The highest BCUT2D eigenvalue weighted by Crippen LogP contribution is 2.29. The van der Waals surface area contributed by atoms with E-state index in [-0.39, 0.29) is 22.0 Å². The van der Waals surface area contributed by atoms with Crippen LogP contribution in [0.4, 0.5) is 0 Å². The summed E-state index contributed by atoms with van der Waals surface area (Å²) in [5.74, 6) is 0.555. The van der Waals surface area contributed by atoms with Gasteiger partial charge in [0.05, 0.1) is 26.9 Å². The molecule has 0 aliphatic rings. The van der Waals surface area contributed by atoms with Crippen LogP contribution in [0.5, 0.6) is 0 Å². The van der Waals surface area contributed by atoms with Crippen molar-refractivity contribution in [2.45, 2.75) is 45.1 Å². The third kappa shape index (κ3) is 7.93. The minimum atomic E-state index is -0.462. The molecular formula is C10H14Cl8. The summed E-state index contributed by atoms with van der Waals surface area (Å²) < 4.78 is 0. The number of alkyl halides is 8. The first-order valence-corrected chi connectivity index (χ1v) is 8.98. The largest absolute Gasteiger partial charge is 0.125 e. The molecule has 18 heavy (non-hydrogen) atoms. The highest BCUT2D eigenvalue weighted by Gasteiger charge is 2.29. The molecule has 0 amide bonds. The molecule has 0 saturated heterocycles. The van der Waals surface area contributed by atoms with Crippen LogP contribution in [0.25, 0.3) is 0 Å². The molecule has 6 unspecified atom stereocenters. The zero-order valence-electron chi connectivity index (χ0n) is 9.32. The van der Waals surface area contributed by atoms with Gasteiger partial charge in [0, 0.05) is 17.1 Å². The van der Waals surface area contributed by atoms with Gasteiger partial charge in [0.15, 0.2) is 0 Å². The molecule has 0 aromatic rings. The summed E-state index contributed by atoms with van der Waals surface area (Å²) in [4.78, 5) is 0. The highest BCUT2D eigenvalue weighted by molar-refractivity contribution is 6.37. The molecule has 6 atom stereocenters. The predicted octanol–water partition coefficient (Wildman–Crippen LogP) is 5.89. The molecule has 0 fully saturated rings. The van der Waals surface area contributed by atoms with Crippen molar-refractivity contribution in [1.29, 1.82) is 0 Å². The molecule has 0 rings (SSSR count). The van der Waals surface area contributed by atoms with Crippen molar-refractivity contribution in [3.05, 3.63) is 0 Å². The van der Waals surface area contributed by atoms with Crippen molar-refractivity contribution in [2.24, 2.45) is 0 Å². The first kappa shape index (κ1) is 20.3. The van der Waals surface area contributed by atoms with Crippen LogP contribution in [0.2, 0.25) is 0 Å². The molecule has 0 N–H and O–H groups in total. The van der Waals surface area contributed by atoms with E-state index < -0.39 is 16.1 Å². The van der Waals surface area contributed by atoms with Gasteiger partial charge in [-0.25, -0.2) is 0 Å². The summed E-state index contributed by atoms with van der Waals surface area (Å²) >= 11 is 47.5. The van der Waals surface area contributed by atoms with E-state index in [1.165, 1.54) is 0 Å². The van der Waals surface area contributed by atoms with E-state index >= 15 is 0 Å². The molecule has 0 aromatic heterocycles. The topological polar surface area (TPSA) is 0 Å². The van der Waals surface area contributed by atoms with Crippen molar-refractivity contribution in [3.8, 4) is 0 Å². The molecule has 110 valence electrons. The Labute approximate surface area is 148 Å². The summed E-state index contributed by atoms with van der Waals surface area (Å²) in [6.45, 7) is 0. The lowest BCUT2D eigenvalue weighted by molar-refractivity contribution is 0.612. The Morgan fingerprint density at radius 3 is 1.50 bits per heavy atom. The van der Waals surface area contributed by atoms with Gasteiger partial charge in [0.1, 0.15) is 0 Å². The SMILES string of the molecule is ClCC(Cl)CC(Cl)C(Cl)CC(Cl)C(Cl)C(Cl)CCl. The van der Waals surface area contributed by atoms with Crippen molar-refractivity contribution >= 4 is 92.8 Å².